The van der Waals surface area contributed by atoms with Crippen LogP contribution in [0.15, 0.2) is 34.8 Å². The molecule has 0 radical (unpaired) electrons. The molecule has 2 aromatic carbocycles. The van der Waals surface area contributed by atoms with Crippen molar-refractivity contribution in [3.8, 4) is 0 Å². The summed E-state index contributed by atoms with van der Waals surface area (Å²) in [7, 11) is 1.34. The maximum absolute atomic E-state index is 11.8. The molecule has 4 nitrogen and oxygen atoms in total. The number of methoxy groups -OCH3 is 1. The van der Waals surface area contributed by atoms with Gasteiger partial charge in [0.05, 0.1) is 12.7 Å². The van der Waals surface area contributed by atoms with Crippen molar-refractivity contribution in [3.63, 3.8) is 0 Å². The number of nitrogens with one attached hydrogen (secondary N) is 1. The maximum atomic E-state index is 11.8. The van der Waals surface area contributed by atoms with Crippen LogP contribution in [0, 0.1) is 13.8 Å². The number of rotatable bonds is 3. The van der Waals surface area contributed by atoms with Crippen LogP contribution in [0.1, 0.15) is 21.5 Å². The molecule has 2 aromatic rings. The molecule has 0 unspecified atom stereocenters. The predicted octanol–water partition coefficient (Wildman–Crippen LogP) is 4.18. The summed E-state index contributed by atoms with van der Waals surface area (Å²) in [6, 6.07) is 9.51. The van der Waals surface area contributed by atoms with E-state index in [1.54, 1.807) is 6.07 Å². The van der Waals surface area contributed by atoms with E-state index in [1.165, 1.54) is 7.11 Å². The molecule has 0 heterocycles. The molecule has 0 bridgehead atoms. The van der Waals surface area contributed by atoms with Gasteiger partial charge in [0.15, 0.2) is 0 Å². The fourth-order valence-corrected chi connectivity index (χ4v) is 2.41. The summed E-state index contributed by atoms with van der Waals surface area (Å²) in [4.78, 5) is 11.8. The topological polar surface area (TPSA) is 64.3 Å². The summed E-state index contributed by atoms with van der Waals surface area (Å²) in [5, 5.41) is 3.31. The number of halogens is 1. The largest absolute Gasteiger partial charge is 0.465 e. The standard InChI is InChI=1S/C16H17BrN2O2/c1-9-7-11(8-12(15(9)18)16(20)21-3)19-14-6-4-5-13(17)10(14)2/h4-8,19H,18H2,1-3H3. The van der Waals surface area contributed by atoms with E-state index in [-0.39, 0.29) is 0 Å². The summed E-state index contributed by atoms with van der Waals surface area (Å²) in [5.41, 5.74) is 10.4. The van der Waals surface area contributed by atoms with Gasteiger partial charge < -0.3 is 15.8 Å². The monoisotopic (exact) mass is 348 g/mol. The highest BCUT2D eigenvalue weighted by molar-refractivity contribution is 9.10. The fourth-order valence-electron chi connectivity index (χ4n) is 2.05. The zero-order valence-electron chi connectivity index (χ0n) is 12.2. The van der Waals surface area contributed by atoms with Gasteiger partial charge in [0, 0.05) is 21.5 Å². The molecule has 0 aliphatic heterocycles. The molecular formula is C16H17BrN2O2. The van der Waals surface area contributed by atoms with Gasteiger partial charge in [-0.25, -0.2) is 4.79 Å². The highest BCUT2D eigenvalue weighted by atomic mass is 79.9. The molecule has 110 valence electrons. The average molecular weight is 349 g/mol. The van der Waals surface area contributed by atoms with E-state index in [2.05, 4.69) is 21.2 Å². The Morgan fingerprint density at radius 1 is 1.29 bits per heavy atom. The molecule has 0 spiro atoms. The van der Waals surface area contributed by atoms with E-state index in [1.807, 2.05) is 38.1 Å². The van der Waals surface area contributed by atoms with Gasteiger partial charge in [-0.2, -0.15) is 0 Å². The van der Waals surface area contributed by atoms with Gasteiger partial charge in [0.2, 0.25) is 0 Å². The number of carbonyl (C=O) groups is 1. The van der Waals surface area contributed by atoms with Crippen LogP contribution in [-0.4, -0.2) is 13.1 Å². The molecule has 0 saturated carbocycles. The molecule has 0 aromatic heterocycles. The second-order valence-corrected chi connectivity index (χ2v) is 5.64. The minimum absolute atomic E-state index is 0.368. The number of nitrogens with two attached hydrogens (primary N) is 1. The van der Waals surface area contributed by atoms with Gasteiger partial charge in [-0.15, -0.1) is 0 Å². The third-order valence-corrected chi connectivity index (χ3v) is 4.20. The van der Waals surface area contributed by atoms with E-state index in [0.717, 1.165) is 27.0 Å². The van der Waals surface area contributed by atoms with E-state index in [4.69, 9.17) is 10.5 Å². The number of hydrogen-bond donors (Lipinski definition) is 2. The number of carbonyl (C=O) groups excluding carboxylic acids is 1. The van der Waals surface area contributed by atoms with Crippen molar-refractivity contribution in [2.24, 2.45) is 0 Å². The van der Waals surface area contributed by atoms with E-state index in [9.17, 15) is 4.79 Å². The van der Waals surface area contributed by atoms with Crippen molar-refractivity contribution < 1.29 is 9.53 Å². The second-order valence-electron chi connectivity index (χ2n) is 4.78. The molecule has 0 amide bonds. The van der Waals surface area contributed by atoms with Gasteiger partial charge in [-0.3, -0.25) is 0 Å². The fraction of sp³-hybridized carbons (Fsp3) is 0.188. The van der Waals surface area contributed by atoms with Crippen molar-refractivity contribution in [1.82, 2.24) is 0 Å². The van der Waals surface area contributed by atoms with Crippen LogP contribution in [0.5, 0.6) is 0 Å². The van der Waals surface area contributed by atoms with Crippen LogP contribution in [0.2, 0.25) is 0 Å². The smallest absolute Gasteiger partial charge is 0.340 e. The van der Waals surface area contributed by atoms with Crippen molar-refractivity contribution in [2.45, 2.75) is 13.8 Å². The zero-order chi connectivity index (χ0) is 15.6. The molecule has 3 N–H and O–H groups in total. The number of benzene rings is 2. The Morgan fingerprint density at radius 3 is 2.67 bits per heavy atom. The lowest BCUT2D eigenvalue weighted by Crippen LogP contribution is -2.08. The van der Waals surface area contributed by atoms with Gasteiger partial charge in [-0.1, -0.05) is 22.0 Å². The van der Waals surface area contributed by atoms with Crippen LogP contribution in [0.4, 0.5) is 17.1 Å². The number of anilines is 3. The first-order valence-electron chi connectivity index (χ1n) is 6.44. The number of esters is 1. The lowest BCUT2D eigenvalue weighted by atomic mass is 10.1. The van der Waals surface area contributed by atoms with Crippen molar-refractivity contribution in [1.29, 1.82) is 0 Å². The third kappa shape index (κ3) is 3.19. The Morgan fingerprint density at radius 2 is 2.00 bits per heavy atom. The molecule has 2 rings (SSSR count). The normalized spacial score (nSPS) is 10.3. The SMILES string of the molecule is COC(=O)c1cc(Nc2cccc(Br)c2C)cc(C)c1N. The lowest BCUT2D eigenvalue weighted by Gasteiger charge is -2.14. The first-order chi connectivity index (χ1) is 9.93. The molecule has 0 fully saturated rings. The van der Waals surface area contributed by atoms with Crippen molar-refractivity contribution in [3.05, 3.63) is 51.5 Å². The number of nitrogen functional groups attached to an aromatic ring is 1. The van der Waals surface area contributed by atoms with E-state index in [0.29, 0.717) is 11.3 Å². The van der Waals surface area contributed by atoms with Crippen LogP contribution in [0.3, 0.4) is 0 Å². The summed E-state index contributed by atoms with van der Waals surface area (Å²) >= 11 is 3.50. The highest BCUT2D eigenvalue weighted by Crippen LogP contribution is 2.29. The van der Waals surface area contributed by atoms with E-state index >= 15 is 0 Å². The second kappa shape index (κ2) is 6.18. The summed E-state index contributed by atoms with van der Waals surface area (Å²) < 4.78 is 5.79. The average Bonchev–Trinajstić information content (AvgIpc) is 2.46. The first kappa shape index (κ1) is 15.4. The summed E-state index contributed by atoms with van der Waals surface area (Å²) in [6.07, 6.45) is 0. The van der Waals surface area contributed by atoms with Crippen LogP contribution >= 0.6 is 15.9 Å². The molecule has 5 heteroatoms. The number of ether oxygens (including phenoxy) is 1. The van der Waals surface area contributed by atoms with Gasteiger partial charge in [0.25, 0.3) is 0 Å². The molecule has 0 aliphatic carbocycles. The predicted molar refractivity (Wildman–Crippen MR) is 89.1 cm³/mol. The van der Waals surface area contributed by atoms with Crippen LogP contribution in [0.25, 0.3) is 0 Å². The van der Waals surface area contributed by atoms with E-state index < -0.39 is 5.97 Å². The van der Waals surface area contributed by atoms with Crippen molar-refractivity contribution >= 4 is 39.0 Å². The number of hydrogen-bond acceptors (Lipinski definition) is 4. The minimum atomic E-state index is -0.440. The molecule has 0 saturated heterocycles. The lowest BCUT2D eigenvalue weighted by molar-refractivity contribution is 0.0602. The Hall–Kier alpha value is -2.01. The summed E-state index contributed by atoms with van der Waals surface area (Å²) in [5.74, 6) is -0.440. The quantitative estimate of drug-likeness (QED) is 0.645. The van der Waals surface area contributed by atoms with Gasteiger partial charge in [0.1, 0.15) is 0 Å². The molecule has 0 aliphatic rings. The first-order valence-corrected chi connectivity index (χ1v) is 7.24. The zero-order valence-corrected chi connectivity index (χ0v) is 13.7. The van der Waals surface area contributed by atoms with Gasteiger partial charge in [-0.05, 0) is 49.2 Å². The van der Waals surface area contributed by atoms with Crippen LogP contribution in [-0.2, 0) is 4.74 Å². The Bertz CT molecular complexity index is 699. The number of aryl methyl sites for hydroxylation is 1. The Balaban J connectivity index is 2.43. The van der Waals surface area contributed by atoms with Crippen LogP contribution < -0.4 is 11.1 Å². The molecular weight excluding hydrogens is 332 g/mol. The Labute approximate surface area is 132 Å². The third-order valence-electron chi connectivity index (χ3n) is 3.34. The molecule has 0 atom stereocenters. The summed E-state index contributed by atoms with van der Waals surface area (Å²) in [6.45, 7) is 3.87. The Kier molecular flexibility index (Phi) is 4.53. The van der Waals surface area contributed by atoms with Crippen molar-refractivity contribution in [2.75, 3.05) is 18.2 Å². The maximum Gasteiger partial charge on any atom is 0.340 e. The van der Waals surface area contributed by atoms with Gasteiger partial charge >= 0.3 is 5.97 Å². The highest BCUT2D eigenvalue weighted by Gasteiger charge is 2.14. The minimum Gasteiger partial charge on any atom is -0.465 e. The molecule has 21 heavy (non-hydrogen) atoms.